The Balaban J connectivity index is 1.06. The van der Waals surface area contributed by atoms with Gasteiger partial charge >= 0.3 is 12.1 Å². The maximum Gasteiger partial charge on any atom is 0.410 e. The number of ketones is 1. The molecule has 1 aliphatic carbocycles. The summed E-state index contributed by atoms with van der Waals surface area (Å²) in [6, 6.07) is 4.54. The van der Waals surface area contributed by atoms with Crippen LogP contribution in [0, 0.1) is 11.8 Å². The Morgan fingerprint density at radius 2 is 1.64 bits per heavy atom. The van der Waals surface area contributed by atoms with Gasteiger partial charge in [0.25, 0.3) is 0 Å². The molecule has 6 rings (SSSR count). The van der Waals surface area contributed by atoms with Crippen molar-refractivity contribution in [2.75, 3.05) is 57.8 Å². The fourth-order valence-corrected chi connectivity index (χ4v) is 6.66. The summed E-state index contributed by atoms with van der Waals surface area (Å²) in [5.41, 5.74) is 5.23. The number of rotatable bonds is 4. The molecule has 2 N–H and O–H groups in total. The largest absolute Gasteiger partial charge is 0.444 e. The number of hydrogen-bond donors (Lipinski definition) is 2. The van der Waals surface area contributed by atoms with E-state index < -0.39 is 17.7 Å². The Labute approximate surface area is 257 Å². The van der Waals surface area contributed by atoms with E-state index in [0.717, 1.165) is 5.56 Å². The second kappa shape index (κ2) is 12.3. The zero-order chi connectivity index (χ0) is 31.0. The number of morpholine rings is 1. The number of anilines is 1. The van der Waals surface area contributed by atoms with Crippen molar-refractivity contribution in [1.82, 2.24) is 20.2 Å². The first-order chi connectivity index (χ1) is 21.1. The smallest absolute Gasteiger partial charge is 0.410 e. The van der Waals surface area contributed by atoms with Crippen molar-refractivity contribution in [1.29, 1.82) is 0 Å². The van der Waals surface area contributed by atoms with Crippen LogP contribution in [0.4, 0.5) is 15.3 Å². The summed E-state index contributed by atoms with van der Waals surface area (Å²) in [5, 5.41) is 13.6. The molecule has 44 heavy (non-hydrogen) atoms. The molecule has 0 radical (unpaired) electrons. The maximum atomic E-state index is 13.8. The molecule has 3 fully saturated rings. The van der Waals surface area contributed by atoms with Crippen molar-refractivity contribution in [3.8, 4) is 0 Å². The van der Waals surface area contributed by atoms with Crippen LogP contribution in [-0.2, 0) is 14.3 Å². The SMILES string of the molecule is CC(C)(C)OC(=O)N1CCC(C(=O)N2CCC(C3=C4C(=O)c5c(NC(=O)NN6CCOCC6)cccc5C4N=N3)CC2)CC1. The highest BCUT2D eigenvalue weighted by Gasteiger charge is 2.44. The van der Waals surface area contributed by atoms with Crippen LogP contribution in [0.5, 0.6) is 0 Å². The fourth-order valence-electron chi connectivity index (χ4n) is 6.66. The van der Waals surface area contributed by atoms with E-state index in [-0.39, 0.29) is 29.6 Å². The normalized spacial score (nSPS) is 23.1. The van der Waals surface area contributed by atoms with Crippen LogP contribution in [-0.4, -0.2) is 96.7 Å². The topological polar surface area (TPSA) is 145 Å². The average molecular weight is 608 g/mol. The number of urea groups is 1. The highest BCUT2D eigenvalue weighted by molar-refractivity contribution is 6.19. The van der Waals surface area contributed by atoms with E-state index >= 15 is 0 Å². The van der Waals surface area contributed by atoms with E-state index in [2.05, 4.69) is 21.0 Å². The first-order valence-corrected chi connectivity index (χ1v) is 15.6. The van der Waals surface area contributed by atoms with Gasteiger partial charge in [0.15, 0.2) is 5.78 Å². The second-order valence-corrected chi connectivity index (χ2v) is 13.0. The maximum absolute atomic E-state index is 13.8. The molecule has 13 heteroatoms. The fraction of sp³-hybridized carbons (Fsp3) is 0.613. The van der Waals surface area contributed by atoms with Crippen molar-refractivity contribution in [2.45, 2.75) is 58.1 Å². The Hall–Kier alpha value is -3.84. The summed E-state index contributed by atoms with van der Waals surface area (Å²) in [6.07, 6.45) is 2.31. The predicted octanol–water partition coefficient (Wildman–Crippen LogP) is 3.90. The van der Waals surface area contributed by atoms with Gasteiger partial charge in [-0.15, -0.1) is 0 Å². The number of allylic oxidation sites excluding steroid dienone is 1. The summed E-state index contributed by atoms with van der Waals surface area (Å²) in [7, 11) is 0. The first-order valence-electron chi connectivity index (χ1n) is 15.6. The predicted molar refractivity (Wildman–Crippen MR) is 160 cm³/mol. The van der Waals surface area contributed by atoms with Crippen LogP contribution in [0.1, 0.15) is 68.4 Å². The number of fused-ring (bicyclic) bond motifs is 3. The van der Waals surface area contributed by atoms with E-state index in [1.165, 1.54) is 0 Å². The molecular formula is C31H41N7O6. The number of ether oxygens (including phenoxy) is 2. The molecule has 1 unspecified atom stereocenters. The number of likely N-dealkylation sites (tertiary alicyclic amines) is 2. The standard InChI is InChI=1S/C31H41N7O6/c1-31(2,3)44-30(42)37-13-9-20(10-14-37)28(40)36-11-7-19(8-12-36)25-24-26(34-33-25)21-5-4-6-22(23(21)27(24)39)32-29(41)35-38-15-17-43-18-16-38/h4-6,19-20,26H,7-18H2,1-3H3,(H2,32,35,41). The first kappa shape index (κ1) is 30.2. The second-order valence-electron chi connectivity index (χ2n) is 13.0. The van der Waals surface area contributed by atoms with Crippen molar-refractivity contribution < 1.29 is 28.7 Å². The number of nitrogens with zero attached hydrogens (tertiary/aromatic N) is 5. The number of nitrogens with one attached hydrogen (secondary N) is 2. The molecule has 13 nitrogen and oxygen atoms in total. The lowest BCUT2D eigenvalue weighted by molar-refractivity contribution is -0.138. The molecule has 0 aromatic heterocycles. The lowest BCUT2D eigenvalue weighted by Crippen LogP contribution is -2.49. The van der Waals surface area contributed by atoms with Crippen LogP contribution >= 0.6 is 0 Å². The number of hydrogen-bond acceptors (Lipinski definition) is 9. The molecule has 0 bridgehead atoms. The lowest BCUT2D eigenvalue weighted by atomic mass is 9.88. The minimum atomic E-state index is -0.548. The van der Waals surface area contributed by atoms with Gasteiger partial charge in [-0.2, -0.15) is 10.2 Å². The Bertz CT molecular complexity index is 1380. The number of hydrazine groups is 1. The number of azo groups is 1. The summed E-state index contributed by atoms with van der Waals surface area (Å²) >= 11 is 0. The molecule has 1 atom stereocenters. The quantitative estimate of drug-likeness (QED) is 0.528. The van der Waals surface area contributed by atoms with Crippen LogP contribution in [0.25, 0.3) is 0 Å². The average Bonchev–Trinajstić information content (AvgIpc) is 3.56. The van der Waals surface area contributed by atoms with Gasteiger partial charge in [-0.05, 0) is 58.1 Å². The van der Waals surface area contributed by atoms with Crippen molar-refractivity contribution >= 4 is 29.5 Å². The molecule has 1 aromatic rings. The van der Waals surface area contributed by atoms with E-state index in [9.17, 15) is 19.2 Å². The summed E-state index contributed by atoms with van der Waals surface area (Å²) < 4.78 is 10.8. The van der Waals surface area contributed by atoms with E-state index in [4.69, 9.17) is 9.47 Å². The third kappa shape index (κ3) is 6.20. The Kier molecular flexibility index (Phi) is 8.42. The number of carbonyl (C=O) groups is 4. The van der Waals surface area contributed by atoms with E-state index in [1.807, 2.05) is 37.8 Å². The van der Waals surface area contributed by atoms with Gasteiger partial charge in [0, 0.05) is 51.1 Å². The molecule has 236 valence electrons. The number of benzene rings is 1. The third-order valence-corrected chi connectivity index (χ3v) is 8.90. The van der Waals surface area contributed by atoms with Crippen LogP contribution < -0.4 is 10.7 Å². The Morgan fingerprint density at radius 3 is 2.32 bits per heavy atom. The van der Waals surface area contributed by atoms with Gasteiger partial charge in [-0.25, -0.2) is 14.6 Å². The van der Waals surface area contributed by atoms with Crippen molar-refractivity contribution in [2.24, 2.45) is 22.1 Å². The molecular weight excluding hydrogens is 566 g/mol. The molecule has 0 spiro atoms. The summed E-state index contributed by atoms with van der Waals surface area (Å²) in [5.74, 6) is -0.106. The van der Waals surface area contributed by atoms with Crippen molar-refractivity contribution in [3.05, 3.63) is 40.6 Å². The minimum absolute atomic E-state index is 0.0242. The third-order valence-electron chi connectivity index (χ3n) is 8.90. The van der Waals surface area contributed by atoms with Gasteiger partial charge in [-0.3, -0.25) is 15.0 Å². The molecule has 3 saturated heterocycles. The van der Waals surface area contributed by atoms with Crippen LogP contribution in [0.15, 0.2) is 39.7 Å². The van der Waals surface area contributed by atoms with Gasteiger partial charge in [0.2, 0.25) is 5.91 Å². The molecule has 0 saturated carbocycles. The highest BCUT2D eigenvalue weighted by atomic mass is 16.6. The lowest BCUT2D eigenvalue weighted by Gasteiger charge is -2.37. The number of piperidine rings is 2. The van der Waals surface area contributed by atoms with Gasteiger partial charge < -0.3 is 24.6 Å². The molecule has 5 aliphatic rings. The number of Topliss-reactive ketones (excluding diaryl/α,β-unsaturated/α-hetero) is 1. The van der Waals surface area contributed by atoms with Crippen molar-refractivity contribution in [3.63, 3.8) is 0 Å². The monoisotopic (exact) mass is 607 g/mol. The zero-order valence-electron chi connectivity index (χ0n) is 25.6. The van der Waals surface area contributed by atoms with E-state index in [0.29, 0.717) is 101 Å². The Morgan fingerprint density at radius 1 is 0.955 bits per heavy atom. The van der Waals surface area contributed by atoms with E-state index in [1.54, 1.807) is 16.0 Å². The summed E-state index contributed by atoms with van der Waals surface area (Å²) in [6.45, 7) is 10.0. The molecule has 4 heterocycles. The zero-order valence-corrected chi connectivity index (χ0v) is 25.6. The number of carbonyl (C=O) groups excluding carboxylic acids is 4. The molecule has 4 aliphatic heterocycles. The van der Waals surface area contributed by atoms with Gasteiger partial charge in [-0.1, -0.05) is 12.1 Å². The minimum Gasteiger partial charge on any atom is -0.444 e. The molecule has 4 amide bonds. The van der Waals surface area contributed by atoms with Crippen LogP contribution in [0.3, 0.4) is 0 Å². The van der Waals surface area contributed by atoms with Gasteiger partial charge in [0.05, 0.1) is 35.7 Å². The van der Waals surface area contributed by atoms with Gasteiger partial charge in [0.1, 0.15) is 11.6 Å². The summed E-state index contributed by atoms with van der Waals surface area (Å²) in [4.78, 5) is 55.9. The molecule has 1 aromatic carbocycles. The van der Waals surface area contributed by atoms with Crippen LogP contribution in [0.2, 0.25) is 0 Å². The highest BCUT2D eigenvalue weighted by Crippen LogP contribution is 2.49. The number of amides is 4.